The van der Waals surface area contributed by atoms with E-state index in [0.717, 1.165) is 25.7 Å². The Balaban J connectivity index is -0.000000451. The molecule has 2 radical (unpaired) electrons. The lowest BCUT2D eigenvalue weighted by Crippen LogP contribution is -1.93. The van der Waals surface area contributed by atoms with Gasteiger partial charge in [0.25, 0.3) is 0 Å². The van der Waals surface area contributed by atoms with Crippen LogP contribution in [0.1, 0.15) is 142 Å². The molecule has 170 valence electrons. The molecule has 4 nitrogen and oxygen atoms in total. The van der Waals surface area contributed by atoms with Gasteiger partial charge in [-0.1, -0.05) is 117 Å². The number of hydrogen-bond acceptors (Lipinski definition) is 2. The zero-order chi connectivity index (χ0) is 21.3. The van der Waals surface area contributed by atoms with Crippen LogP contribution in [0, 0.1) is 0 Å². The van der Waals surface area contributed by atoms with Crippen molar-refractivity contribution in [2.24, 2.45) is 0 Å². The fourth-order valence-corrected chi connectivity index (χ4v) is 3.17. The van der Waals surface area contributed by atoms with Crippen molar-refractivity contribution < 1.29 is 19.8 Å². The summed E-state index contributed by atoms with van der Waals surface area (Å²) in [5.41, 5.74) is 0. The van der Waals surface area contributed by atoms with Crippen LogP contribution in [0.2, 0.25) is 0 Å². The van der Waals surface area contributed by atoms with Crippen LogP contribution in [-0.4, -0.2) is 45.2 Å². The first-order chi connectivity index (χ1) is 13.5. The highest BCUT2D eigenvalue weighted by Crippen LogP contribution is 2.11. The topological polar surface area (TPSA) is 74.6 Å². The van der Waals surface area contributed by atoms with Crippen molar-refractivity contribution in [3.05, 3.63) is 0 Å². The summed E-state index contributed by atoms with van der Waals surface area (Å²) in [6.45, 7) is 4.46. The standard InChI is InChI=1S/2C12H24O2.Mg/c2*1-2-3-4-5-6-7-8-9-10-11-12(13)14;/h2*2-11H2,1H3,(H,13,14);. The van der Waals surface area contributed by atoms with Crippen molar-refractivity contribution in [1.29, 1.82) is 0 Å². The zero-order valence-electron chi connectivity index (χ0n) is 19.6. The molecule has 0 amide bonds. The third-order valence-electron chi connectivity index (χ3n) is 4.99. The smallest absolute Gasteiger partial charge is 0.303 e. The molecule has 0 aliphatic heterocycles. The van der Waals surface area contributed by atoms with Crippen molar-refractivity contribution in [3.63, 3.8) is 0 Å². The summed E-state index contributed by atoms with van der Waals surface area (Å²) < 4.78 is 0. The number of unbranched alkanes of at least 4 members (excludes halogenated alkanes) is 16. The molecule has 0 aliphatic carbocycles. The van der Waals surface area contributed by atoms with Crippen molar-refractivity contribution in [3.8, 4) is 0 Å². The Labute approximate surface area is 196 Å². The molecule has 0 unspecified atom stereocenters. The maximum atomic E-state index is 10.2. The molecule has 0 rings (SSSR count). The number of rotatable bonds is 20. The quantitative estimate of drug-likeness (QED) is 0.156. The van der Waals surface area contributed by atoms with E-state index in [-0.39, 0.29) is 23.1 Å². The minimum atomic E-state index is -0.659. The molecule has 0 bridgehead atoms. The van der Waals surface area contributed by atoms with E-state index in [4.69, 9.17) is 10.2 Å². The number of carboxylic acids is 2. The van der Waals surface area contributed by atoms with Crippen molar-refractivity contribution in [2.75, 3.05) is 0 Å². The van der Waals surface area contributed by atoms with Gasteiger partial charge in [-0.3, -0.25) is 9.59 Å². The molecule has 0 aromatic heterocycles. The molecule has 0 saturated heterocycles. The third-order valence-corrected chi connectivity index (χ3v) is 4.99. The molecule has 0 spiro atoms. The summed E-state index contributed by atoms with van der Waals surface area (Å²) in [5.74, 6) is -1.32. The lowest BCUT2D eigenvalue weighted by atomic mass is 10.1. The van der Waals surface area contributed by atoms with Gasteiger partial charge in [-0.15, -0.1) is 0 Å². The molecular weight excluding hydrogens is 377 g/mol. The van der Waals surface area contributed by atoms with Gasteiger partial charge in [0.05, 0.1) is 0 Å². The SMILES string of the molecule is CCCCCCCCCCCC(=O)O.CCCCCCCCCCCC(=O)O.[Mg]. The van der Waals surface area contributed by atoms with Gasteiger partial charge in [0.15, 0.2) is 0 Å². The van der Waals surface area contributed by atoms with Crippen LogP contribution >= 0.6 is 0 Å². The van der Waals surface area contributed by atoms with E-state index in [0.29, 0.717) is 12.8 Å². The Hall–Kier alpha value is -0.294. The fraction of sp³-hybridized carbons (Fsp3) is 0.917. The average molecular weight is 425 g/mol. The summed E-state index contributed by atoms with van der Waals surface area (Å²) >= 11 is 0. The first-order valence-electron chi connectivity index (χ1n) is 12.0. The molecule has 0 fully saturated rings. The molecule has 0 aromatic rings. The number of carboxylic acid groups (broad SMARTS) is 2. The normalized spacial score (nSPS) is 10.0. The Kier molecular flexibility index (Phi) is 34.4. The molecule has 5 heteroatoms. The van der Waals surface area contributed by atoms with Crippen LogP contribution in [0.3, 0.4) is 0 Å². The van der Waals surface area contributed by atoms with Gasteiger partial charge in [-0.2, -0.15) is 0 Å². The summed E-state index contributed by atoms with van der Waals surface area (Å²) in [6.07, 6.45) is 23.0. The minimum absolute atomic E-state index is 0. The van der Waals surface area contributed by atoms with E-state index in [1.54, 1.807) is 0 Å². The number of hydrogen-bond donors (Lipinski definition) is 2. The van der Waals surface area contributed by atoms with Crippen LogP contribution in [0.15, 0.2) is 0 Å². The van der Waals surface area contributed by atoms with E-state index in [1.807, 2.05) is 0 Å². The molecule has 0 heterocycles. The van der Waals surface area contributed by atoms with Crippen LogP contribution in [0.4, 0.5) is 0 Å². The highest BCUT2D eigenvalue weighted by atomic mass is 24.3. The summed E-state index contributed by atoms with van der Waals surface area (Å²) in [4.78, 5) is 20.4. The maximum Gasteiger partial charge on any atom is 0.303 e. The van der Waals surface area contributed by atoms with Crippen LogP contribution in [-0.2, 0) is 9.59 Å². The van der Waals surface area contributed by atoms with E-state index >= 15 is 0 Å². The second kappa shape index (κ2) is 29.9. The highest BCUT2D eigenvalue weighted by Gasteiger charge is 1.97. The number of aliphatic carboxylic acids is 2. The predicted octanol–water partition coefficient (Wildman–Crippen LogP) is 7.60. The van der Waals surface area contributed by atoms with Gasteiger partial charge in [0.2, 0.25) is 0 Å². The lowest BCUT2D eigenvalue weighted by Gasteiger charge is -2.00. The van der Waals surface area contributed by atoms with Crippen LogP contribution in [0.5, 0.6) is 0 Å². The second-order valence-electron chi connectivity index (χ2n) is 7.94. The fourth-order valence-electron chi connectivity index (χ4n) is 3.17. The molecule has 0 saturated carbocycles. The first-order valence-corrected chi connectivity index (χ1v) is 12.0. The first kappa shape index (κ1) is 33.3. The van der Waals surface area contributed by atoms with Crippen LogP contribution < -0.4 is 0 Å². The maximum absolute atomic E-state index is 10.2. The summed E-state index contributed by atoms with van der Waals surface area (Å²) in [6, 6.07) is 0. The molecule has 29 heavy (non-hydrogen) atoms. The summed E-state index contributed by atoms with van der Waals surface area (Å²) in [5, 5.41) is 16.8. The Morgan fingerprint density at radius 1 is 0.448 bits per heavy atom. The van der Waals surface area contributed by atoms with Crippen molar-refractivity contribution in [1.82, 2.24) is 0 Å². The Morgan fingerprint density at radius 3 is 0.862 bits per heavy atom. The van der Waals surface area contributed by atoms with E-state index in [9.17, 15) is 9.59 Å². The van der Waals surface area contributed by atoms with Gasteiger partial charge in [-0.05, 0) is 12.8 Å². The zero-order valence-corrected chi connectivity index (χ0v) is 21.0. The average Bonchev–Trinajstić information content (AvgIpc) is 2.65. The van der Waals surface area contributed by atoms with Crippen molar-refractivity contribution >= 4 is 35.0 Å². The second-order valence-corrected chi connectivity index (χ2v) is 7.94. The molecule has 0 atom stereocenters. The van der Waals surface area contributed by atoms with E-state index in [1.165, 1.54) is 89.9 Å². The Bertz CT molecular complexity index is 303. The van der Waals surface area contributed by atoms with Gasteiger partial charge in [0, 0.05) is 35.9 Å². The van der Waals surface area contributed by atoms with E-state index < -0.39 is 11.9 Å². The largest absolute Gasteiger partial charge is 0.481 e. The molecular formula is C24H48MgO4. The van der Waals surface area contributed by atoms with Gasteiger partial charge >= 0.3 is 11.9 Å². The molecule has 0 aliphatic rings. The summed E-state index contributed by atoms with van der Waals surface area (Å²) in [7, 11) is 0. The monoisotopic (exact) mass is 424 g/mol. The van der Waals surface area contributed by atoms with E-state index in [2.05, 4.69) is 13.8 Å². The third kappa shape index (κ3) is 38.9. The van der Waals surface area contributed by atoms with Gasteiger partial charge in [0.1, 0.15) is 0 Å². The Morgan fingerprint density at radius 2 is 0.655 bits per heavy atom. The molecule has 0 aromatic carbocycles. The minimum Gasteiger partial charge on any atom is -0.481 e. The lowest BCUT2D eigenvalue weighted by molar-refractivity contribution is -0.138. The van der Waals surface area contributed by atoms with Gasteiger partial charge in [-0.25, -0.2) is 0 Å². The van der Waals surface area contributed by atoms with Crippen molar-refractivity contribution in [2.45, 2.75) is 142 Å². The number of carbonyl (C=O) groups is 2. The highest BCUT2D eigenvalue weighted by molar-refractivity contribution is 5.75. The predicted molar refractivity (Wildman–Crippen MR) is 125 cm³/mol. The van der Waals surface area contributed by atoms with Gasteiger partial charge < -0.3 is 10.2 Å². The molecule has 2 N–H and O–H groups in total. The van der Waals surface area contributed by atoms with Crippen LogP contribution in [0.25, 0.3) is 0 Å².